The zero-order chi connectivity index (χ0) is 21.1. The van der Waals surface area contributed by atoms with E-state index in [9.17, 15) is 24.6 Å². The van der Waals surface area contributed by atoms with E-state index in [1.165, 1.54) is 4.90 Å². The van der Waals surface area contributed by atoms with Gasteiger partial charge in [-0.15, -0.1) is 0 Å². The van der Waals surface area contributed by atoms with Crippen LogP contribution < -0.4 is 5.32 Å². The van der Waals surface area contributed by atoms with Crippen LogP contribution in [0.2, 0.25) is 5.02 Å². The number of carbonyl (C=O) groups excluding carboxylic acids is 1. The Labute approximate surface area is 175 Å². The summed E-state index contributed by atoms with van der Waals surface area (Å²) in [6.45, 7) is 1.61. The third-order valence-corrected chi connectivity index (χ3v) is 6.38. The van der Waals surface area contributed by atoms with Gasteiger partial charge in [-0.1, -0.05) is 30.2 Å². The van der Waals surface area contributed by atoms with E-state index >= 15 is 0 Å². The second-order valence-electron chi connectivity index (χ2n) is 8.04. The number of amides is 1. The summed E-state index contributed by atoms with van der Waals surface area (Å²) in [6, 6.07) is 4.64. The first-order valence-electron chi connectivity index (χ1n) is 10.1. The Bertz CT molecular complexity index is 769. The third kappa shape index (κ3) is 4.90. The molecule has 1 aliphatic heterocycles. The SMILES string of the molecule is C[C@H](N[C@@H](CCc1ccc(Cl)cc1)C(=O)O)C(=O)N1[C@H](C(=O)O)C[C@@H]2CCC[C@@H]21. The van der Waals surface area contributed by atoms with Crippen LogP contribution in [0.5, 0.6) is 0 Å². The number of aliphatic carboxylic acids is 2. The molecule has 29 heavy (non-hydrogen) atoms. The van der Waals surface area contributed by atoms with Gasteiger partial charge in [0.05, 0.1) is 6.04 Å². The monoisotopic (exact) mass is 422 g/mol. The smallest absolute Gasteiger partial charge is 0.326 e. The van der Waals surface area contributed by atoms with Crippen molar-refractivity contribution in [1.29, 1.82) is 0 Å². The van der Waals surface area contributed by atoms with Crippen LogP contribution in [0.4, 0.5) is 0 Å². The lowest BCUT2D eigenvalue weighted by Crippen LogP contribution is -2.55. The van der Waals surface area contributed by atoms with E-state index in [-0.39, 0.29) is 17.9 Å². The van der Waals surface area contributed by atoms with E-state index in [2.05, 4.69) is 5.32 Å². The van der Waals surface area contributed by atoms with Gasteiger partial charge in [0.15, 0.2) is 0 Å². The maximum Gasteiger partial charge on any atom is 0.326 e. The highest BCUT2D eigenvalue weighted by Crippen LogP contribution is 2.41. The summed E-state index contributed by atoms with van der Waals surface area (Å²) in [5.74, 6) is -2.12. The summed E-state index contributed by atoms with van der Waals surface area (Å²) in [4.78, 5) is 37.9. The second kappa shape index (κ2) is 9.13. The van der Waals surface area contributed by atoms with Crippen LogP contribution in [0.3, 0.4) is 0 Å². The van der Waals surface area contributed by atoms with Crippen LogP contribution in [-0.4, -0.2) is 57.1 Å². The summed E-state index contributed by atoms with van der Waals surface area (Å²) in [5, 5.41) is 22.7. The zero-order valence-electron chi connectivity index (χ0n) is 16.4. The molecule has 3 rings (SSSR count). The summed E-state index contributed by atoms with van der Waals surface area (Å²) in [7, 11) is 0. The largest absolute Gasteiger partial charge is 0.480 e. The van der Waals surface area contributed by atoms with Crippen molar-refractivity contribution in [3.8, 4) is 0 Å². The highest BCUT2D eigenvalue weighted by atomic mass is 35.5. The highest BCUT2D eigenvalue weighted by molar-refractivity contribution is 6.30. The number of hydrogen-bond acceptors (Lipinski definition) is 4. The van der Waals surface area contributed by atoms with Crippen molar-refractivity contribution in [2.75, 3.05) is 0 Å². The molecule has 1 saturated carbocycles. The van der Waals surface area contributed by atoms with E-state index < -0.39 is 30.1 Å². The molecule has 0 aromatic heterocycles. The van der Waals surface area contributed by atoms with E-state index in [1.54, 1.807) is 19.1 Å². The predicted octanol–water partition coefficient (Wildman–Crippen LogP) is 2.56. The molecule has 0 unspecified atom stereocenters. The molecule has 1 heterocycles. The molecule has 0 bridgehead atoms. The standard InChI is InChI=1S/C21H27ClN2O5/c1-12(19(25)24-17-4-2-3-14(17)11-18(24)21(28)29)23-16(20(26)27)10-7-13-5-8-15(22)9-6-13/h5-6,8-9,12,14,16-18,23H,2-4,7,10-11H2,1H3,(H,26,27)(H,28,29)/t12-,14-,16-,17-,18-/m0/s1. The van der Waals surface area contributed by atoms with Crippen LogP contribution in [0.1, 0.15) is 44.6 Å². The normalized spacial score (nSPS) is 25.4. The molecular weight excluding hydrogens is 396 g/mol. The Hall–Kier alpha value is -2.12. The van der Waals surface area contributed by atoms with E-state index in [1.807, 2.05) is 12.1 Å². The number of nitrogens with one attached hydrogen (secondary N) is 1. The number of carboxylic acids is 2. The molecule has 0 radical (unpaired) electrons. The highest BCUT2D eigenvalue weighted by Gasteiger charge is 2.49. The van der Waals surface area contributed by atoms with E-state index in [0.29, 0.717) is 24.3 Å². The van der Waals surface area contributed by atoms with Crippen molar-refractivity contribution < 1.29 is 24.6 Å². The minimum atomic E-state index is -1.03. The molecule has 158 valence electrons. The molecule has 8 heteroatoms. The molecule has 5 atom stereocenters. The average Bonchev–Trinajstić information content (AvgIpc) is 3.26. The van der Waals surface area contributed by atoms with Crippen LogP contribution in [0.25, 0.3) is 0 Å². The Balaban J connectivity index is 1.64. The quantitative estimate of drug-likeness (QED) is 0.594. The molecule has 7 nitrogen and oxygen atoms in total. The zero-order valence-corrected chi connectivity index (χ0v) is 17.1. The van der Waals surface area contributed by atoms with Gasteiger partial charge in [0.25, 0.3) is 0 Å². The van der Waals surface area contributed by atoms with Gasteiger partial charge in [0.1, 0.15) is 12.1 Å². The number of halogens is 1. The van der Waals surface area contributed by atoms with Crippen molar-refractivity contribution in [1.82, 2.24) is 10.2 Å². The van der Waals surface area contributed by atoms with Gasteiger partial charge in [0, 0.05) is 11.1 Å². The molecule has 1 amide bonds. The van der Waals surface area contributed by atoms with Crippen molar-refractivity contribution in [3.63, 3.8) is 0 Å². The lowest BCUT2D eigenvalue weighted by atomic mass is 10.0. The fourth-order valence-electron chi connectivity index (χ4n) is 4.66. The second-order valence-corrected chi connectivity index (χ2v) is 8.47. The van der Waals surface area contributed by atoms with Gasteiger partial charge in [0.2, 0.25) is 5.91 Å². The summed E-state index contributed by atoms with van der Waals surface area (Å²) < 4.78 is 0. The third-order valence-electron chi connectivity index (χ3n) is 6.13. The van der Waals surface area contributed by atoms with Crippen LogP contribution >= 0.6 is 11.6 Å². The lowest BCUT2D eigenvalue weighted by molar-refractivity contribution is -0.151. The Morgan fingerprint density at radius 1 is 1.21 bits per heavy atom. The first-order valence-corrected chi connectivity index (χ1v) is 10.4. The molecule has 1 aliphatic carbocycles. The first-order chi connectivity index (χ1) is 13.8. The van der Waals surface area contributed by atoms with Crippen molar-refractivity contribution in [2.45, 2.75) is 69.6 Å². The van der Waals surface area contributed by atoms with Crippen LogP contribution in [0.15, 0.2) is 24.3 Å². The molecule has 1 saturated heterocycles. The Kier molecular flexibility index (Phi) is 6.80. The molecule has 1 aromatic carbocycles. The number of likely N-dealkylation sites (tertiary alicyclic amines) is 1. The van der Waals surface area contributed by atoms with Gasteiger partial charge in [-0.05, 0) is 62.6 Å². The number of hydrogen-bond donors (Lipinski definition) is 3. The van der Waals surface area contributed by atoms with E-state index in [0.717, 1.165) is 24.8 Å². The van der Waals surface area contributed by atoms with Gasteiger partial charge < -0.3 is 15.1 Å². The van der Waals surface area contributed by atoms with E-state index in [4.69, 9.17) is 11.6 Å². The van der Waals surface area contributed by atoms with Gasteiger partial charge in [-0.2, -0.15) is 0 Å². The molecule has 2 aliphatic rings. The average molecular weight is 423 g/mol. The number of carboxylic acid groups (broad SMARTS) is 2. The maximum atomic E-state index is 13.1. The fourth-order valence-corrected chi connectivity index (χ4v) is 4.79. The van der Waals surface area contributed by atoms with Crippen molar-refractivity contribution >= 4 is 29.4 Å². The lowest BCUT2D eigenvalue weighted by Gasteiger charge is -2.31. The number of aryl methyl sites for hydroxylation is 1. The summed E-state index contributed by atoms with van der Waals surface area (Å²) in [6.07, 6.45) is 4.06. The Morgan fingerprint density at radius 2 is 1.90 bits per heavy atom. The summed E-state index contributed by atoms with van der Waals surface area (Å²) >= 11 is 5.87. The fraction of sp³-hybridized carbons (Fsp3) is 0.571. The molecule has 0 spiro atoms. The number of nitrogens with zero attached hydrogens (tertiary/aromatic N) is 1. The number of carbonyl (C=O) groups is 3. The van der Waals surface area contributed by atoms with Crippen molar-refractivity contribution in [3.05, 3.63) is 34.9 Å². The molecule has 3 N–H and O–H groups in total. The minimum Gasteiger partial charge on any atom is -0.480 e. The van der Waals surface area contributed by atoms with Gasteiger partial charge in [-0.3, -0.25) is 14.9 Å². The predicted molar refractivity (Wildman–Crippen MR) is 108 cm³/mol. The Morgan fingerprint density at radius 3 is 2.52 bits per heavy atom. The number of benzene rings is 1. The van der Waals surface area contributed by atoms with Gasteiger partial charge >= 0.3 is 11.9 Å². The minimum absolute atomic E-state index is 0.0507. The molecule has 1 aromatic rings. The topological polar surface area (TPSA) is 107 Å². The van der Waals surface area contributed by atoms with Crippen LogP contribution in [-0.2, 0) is 20.8 Å². The van der Waals surface area contributed by atoms with Crippen LogP contribution in [0, 0.1) is 5.92 Å². The maximum absolute atomic E-state index is 13.1. The number of fused-ring (bicyclic) bond motifs is 1. The molecular formula is C21H27ClN2O5. The summed E-state index contributed by atoms with van der Waals surface area (Å²) in [5.41, 5.74) is 0.959. The molecule has 2 fully saturated rings. The first kappa shape index (κ1) is 21.6. The van der Waals surface area contributed by atoms with Crippen molar-refractivity contribution in [2.24, 2.45) is 5.92 Å². The van der Waals surface area contributed by atoms with Gasteiger partial charge in [-0.25, -0.2) is 4.79 Å². The number of rotatable bonds is 8.